The number of benzene rings is 1. The highest BCUT2D eigenvalue weighted by molar-refractivity contribution is 5.89. The van der Waals surface area contributed by atoms with E-state index >= 15 is 0 Å². The van der Waals surface area contributed by atoms with E-state index in [1.54, 1.807) is 11.8 Å². The third-order valence-electron chi connectivity index (χ3n) is 8.42. The minimum atomic E-state index is -0.926. The molecule has 2 unspecified atom stereocenters. The predicted molar refractivity (Wildman–Crippen MR) is 130 cm³/mol. The first kappa shape index (κ1) is 21.2. The Kier molecular flexibility index (Phi) is 4.57. The number of aliphatic carboxylic acids is 1. The van der Waals surface area contributed by atoms with E-state index < -0.39 is 5.97 Å². The zero-order chi connectivity index (χ0) is 22.9. The largest absolute Gasteiger partial charge is 0.478 e. The van der Waals surface area contributed by atoms with Crippen LogP contribution in [-0.2, 0) is 21.0 Å². The summed E-state index contributed by atoms with van der Waals surface area (Å²) in [6.07, 6.45) is 10.2. The normalized spacial score (nSPS) is 27.3. The molecule has 166 valence electrons. The molecule has 1 saturated carbocycles. The zero-order valence-electron chi connectivity index (χ0n) is 19.8. The Labute approximate surface area is 191 Å². The molecule has 2 aromatic rings. The van der Waals surface area contributed by atoms with Crippen molar-refractivity contribution in [3.8, 4) is 0 Å². The van der Waals surface area contributed by atoms with Crippen molar-refractivity contribution < 1.29 is 9.90 Å². The fraction of sp³-hybridized carbons (Fsp3) is 0.448. The fourth-order valence-electron chi connectivity index (χ4n) is 6.06. The lowest BCUT2D eigenvalue weighted by Gasteiger charge is -2.42. The SMILES string of the molecule is C/C(=C/C(=O)O)c1ccc(C2=CCC3(c4ccc5c(c4)C(C)(C)CCC5(C)C)CC23)nc1. The molecule has 1 fully saturated rings. The summed E-state index contributed by atoms with van der Waals surface area (Å²) < 4.78 is 0. The lowest BCUT2D eigenvalue weighted by Crippen LogP contribution is -2.34. The molecule has 1 N–H and O–H groups in total. The van der Waals surface area contributed by atoms with Crippen molar-refractivity contribution in [1.82, 2.24) is 4.98 Å². The van der Waals surface area contributed by atoms with Crippen LogP contribution in [0.4, 0.5) is 0 Å². The van der Waals surface area contributed by atoms with E-state index in [1.807, 2.05) is 19.1 Å². The van der Waals surface area contributed by atoms with Crippen LogP contribution in [0.5, 0.6) is 0 Å². The molecule has 0 saturated heterocycles. The summed E-state index contributed by atoms with van der Waals surface area (Å²) in [4.78, 5) is 15.6. The Morgan fingerprint density at radius 3 is 2.41 bits per heavy atom. The number of carbonyl (C=O) groups is 1. The van der Waals surface area contributed by atoms with Crippen molar-refractivity contribution in [2.75, 3.05) is 0 Å². The maximum Gasteiger partial charge on any atom is 0.328 e. The molecule has 3 aliphatic carbocycles. The Morgan fingerprint density at radius 2 is 1.78 bits per heavy atom. The third kappa shape index (κ3) is 3.25. The number of allylic oxidation sites excluding steroid dienone is 3. The van der Waals surface area contributed by atoms with Crippen LogP contribution >= 0.6 is 0 Å². The highest BCUT2D eigenvalue weighted by Crippen LogP contribution is 2.67. The summed E-state index contributed by atoms with van der Waals surface area (Å²) in [6.45, 7) is 11.4. The van der Waals surface area contributed by atoms with Gasteiger partial charge >= 0.3 is 5.97 Å². The van der Waals surface area contributed by atoms with Crippen molar-refractivity contribution in [2.45, 2.75) is 76.5 Å². The van der Waals surface area contributed by atoms with Crippen LogP contribution in [-0.4, -0.2) is 16.1 Å². The number of hydrogen-bond donors (Lipinski definition) is 1. The maximum atomic E-state index is 10.9. The standard InChI is InChI=1S/C29H33NO2/c1-18(14-26(31)32)19-6-9-25(30-17-19)21-10-11-29(16-24(21)29)20-7-8-22-23(15-20)28(4,5)13-12-27(22,2)3/h6-10,14-15,17,24H,11-13,16H2,1-5H3,(H,31,32)/b18-14-. The Morgan fingerprint density at radius 1 is 1.06 bits per heavy atom. The predicted octanol–water partition coefficient (Wildman–Crippen LogP) is 6.66. The minimum absolute atomic E-state index is 0.232. The molecule has 3 aliphatic rings. The van der Waals surface area contributed by atoms with Gasteiger partial charge in [0, 0.05) is 17.7 Å². The van der Waals surface area contributed by atoms with E-state index in [2.05, 4.69) is 52.0 Å². The van der Waals surface area contributed by atoms with E-state index in [4.69, 9.17) is 10.1 Å². The number of carboxylic acids is 1. The molecule has 0 radical (unpaired) electrons. The topological polar surface area (TPSA) is 50.2 Å². The van der Waals surface area contributed by atoms with Gasteiger partial charge in [-0.05, 0) is 88.8 Å². The Balaban J connectivity index is 1.42. The molecule has 0 bridgehead atoms. The summed E-state index contributed by atoms with van der Waals surface area (Å²) >= 11 is 0. The molecule has 0 spiro atoms. The lowest BCUT2D eigenvalue weighted by molar-refractivity contribution is -0.131. The quantitative estimate of drug-likeness (QED) is 0.555. The second-order valence-electron chi connectivity index (χ2n) is 11.4. The highest BCUT2D eigenvalue weighted by atomic mass is 16.4. The number of rotatable bonds is 4. The number of pyridine rings is 1. The molecule has 0 amide bonds. The van der Waals surface area contributed by atoms with Gasteiger partial charge in [-0.25, -0.2) is 4.79 Å². The van der Waals surface area contributed by atoms with Crippen molar-refractivity contribution in [3.05, 3.63) is 76.6 Å². The third-order valence-corrected chi connectivity index (χ3v) is 8.42. The van der Waals surface area contributed by atoms with Gasteiger partial charge in [0.25, 0.3) is 0 Å². The van der Waals surface area contributed by atoms with E-state index in [1.165, 1.54) is 42.0 Å². The van der Waals surface area contributed by atoms with Crippen LogP contribution in [0.2, 0.25) is 0 Å². The van der Waals surface area contributed by atoms with E-state index in [0.717, 1.165) is 23.3 Å². The van der Waals surface area contributed by atoms with Gasteiger partial charge in [-0.1, -0.05) is 58.0 Å². The van der Waals surface area contributed by atoms with Crippen molar-refractivity contribution in [1.29, 1.82) is 0 Å². The molecular weight excluding hydrogens is 394 g/mol. The van der Waals surface area contributed by atoms with Crippen LogP contribution in [0.25, 0.3) is 11.1 Å². The number of nitrogens with zero attached hydrogens (tertiary/aromatic N) is 1. The van der Waals surface area contributed by atoms with E-state index in [9.17, 15) is 4.79 Å². The van der Waals surface area contributed by atoms with E-state index in [0.29, 0.717) is 5.92 Å². The van der Waals surface area contributed by atoms with Crippen LogP contribution in [0.1, 0.15) is 88.2 Å². The van der Waals surface area contributed by atoms with Crippen molar-refractivity contribution in [2.24, 2.45) is 5.92 Å². The molecule has 1 heterocycles. The number of fused-ring (bicyclic) bond motifs is 2. The molecule has 5 rings (SSSR count). The van der Waals surface area contributed by atoms with Crippen LogP contribution in [0, 0.1) is 5.92 Å². The van der Waals surface area contributed by atoms with Gasteiger partial charge in [0.05, 0.1) is 5.69 Å². The second kappa shape index (κ2) is 6.91. The van der Waals surface area contributed by atoms with Gasteiger partial charge in [-0.3, -0.25) is 4.98 Å². The summed E-state index contributed by atoms with van der Waals surface area (Å²) in [5.74, 6) is -0.390. The van der Waals surface area contributed by atoms with Crippen LogP contribution in [0.3, 0.4) is 0 Å². The first-order chi connectivity index (χ1) is 15.0. The molecule has 0 aliphatic heterocycles. The Bertz CT molecular complexity index is 1170. The molecule has 2 atom stereocenters. The highest BCUT2D eigenvalue weighted by Gasteiger charge is 2.59. The summed E-state index contributed by atoms with van der Waals surface area (Å²) in [7, 11) is 0. The fourth-order valence-corrected chi connectivity index (χ4v) is 6.06. The van der Waals surface area contributed by atoms with Crippen LogP contribution < -0.4 is 0 Å². The van der Waals surface area contributed by atoms with Gasteiger partial charge in [-0.15, -0.1) is 0 Å². The van der Waals surface area contributed by atoms with Gasteiger partial charge in [0.15, 0.2) is 0 Å². The molecule has 3 nitrogen and oxygen atoms in total. The molecule has 3 heteroatoms. The monoisotopic (exact) mass is 427 g/mol. The molecular formula is C29H33NO2. The lowest BCUT2D eigenvalue weighted by atomic mass is 9.62. The molecule has 32 heavy (non-hydrogen) atoms. The first-order valence-corrected chi connectivity index (χ1v) is 11.8. The first-order valence-electron chi connectivity index (χ1n) is 11.8. The maximum absolute atomic E-state index is 10.9. The van der Waals surface area contributed by atoms with Gasteiger partial charge < -0.3 is 5.11 Å². The van der Waals surface area contributed by atoms with E-state index in [-0.39, 0.29) is 16.2 Å². The molecule has 1 aromatic carbocycles. The summed E-state index contributed by atoms with van der Waals surface area (Å²) in [5, 5.41) is 8.98. The van der Waals surface area contributed by atoms with Crippen molar-refractivity contribution in [3.63, 3.8) is 0 Å². The number of aromatic nitrogens is 1. The van der Waals surface area contributed by atoms with Crippen molar-refractivity contribution >= 4 is 17.1 Å². The number of carboxylic acid groups (broad SMARTS) is 1. The number of hydrogen-bond acceptors (Lipinski definition) is 2. The second-order valence-corrected chi connectivity index (χ2v) is 11.4. The van der Waals surface area contributed by atoms with Gasteiger partial charge in [-0.2, -0.15) is 0 Å². The smallest absolute Gasteiger partial charge is 0.328 e. The molecule has 1 aromatic heterocycles. The van der Waals surface area contributed by atoms with Gasteiger partial charge in [0.2, 0.25) is 0 Å². The average Bonchev–Trinajstić information content (AvgIpc) is 3.36. The van der Waals surface area contributed by atoms with Gasteiger partial charge in [0.1, 0.15) is 0 Å². The summed E-state index contributed by atoms with van der Waals surface area (Å²) in [5.41, 5.74) is 9.25. The summed E-state index contributed by atoms with van der Waals surface area (Å²) in [6, 6.07) is 11.4. The minimum Gasteiger partial charge on any atom is -0.478 e. The Hall–Kier alpha value is -2.68. The van der Waals surface area contributed by atoms with Crippen LogP contribution in [0.15, 0.2) is 48.7 Å². The average molecular weight is 428 g/mol. The zero-order valence-corrected chi connectivity index (χ0v) is 19.8.